The van der Waals surface area contributed by atoms with Gasteiger partial charge < -0.3 is 4.74 Å². The standard InChI is InChI=1S/C9H6Cl2O/c1-2-12-6-7-3-4-8(10)5-9(7)11/h1,3-5H,6H2. The predicted octanol–water partition coefficient (Wildman–Crippen LogP) is 3.10. The molecule has 62 valence electrons. The molecule has 0 aliphatic carbocycles. The van der Waals surface area contributed by atoms with Gasteiger partial charge in [-0.05, 0) is 12.1 Å². The van der Waals surface area contributed by atoms with Crippen LogP contribution in [0.4, 0.5) is 0 Å². The molecule has 0 N–H and O–H groups in total. The highest BCUT2D eigenvalue weighted by Gasteiger charge is 2.00. The van der Waals surface area contributed by atoms with Crippen LogP contribution in [-0.2, 0) is 11.3 Å². The van der Waals surface area contributed by atoms with E-state index in [9.17, 15) is 0 Å². The zero-order valence-corrected chi connectivity index (χ0v) is 7.69. The van der Waals surface area contributed by atoms with E-state index < -0.39 is 0 Å². The van der Waals surface area contributed by atoms with E-state index in [2.05, 4.69) is 6.11 Å². The SMILES string of the molecule is C#COCc1ccc(Cl)cc1Cl. The van der Waals surface area contributed by atoms with Crippen molar-refractivity contribution in [2.24, 2.45) is 0 Å². The van der Waals surface area contributed by atoms with Crippen LogP contribution in [0.15, 0.2) is 18.2 Å². The van der Waals surface area contributed by atoms with Crippen molar-refractivity contribution in [3.8, 4) is 12.5 Å². The zero-order chi connectivity index (χ0) is 8.97. The van der Waals surface area contributed by atoms with E-state index in [0.29, 0.717) is 16.7 Å². The van der Waals surface area contributed by atoms with Gasteiger partial charge in [-0.2, -0.15) is 0 Å². The molecule has 0 saturated carbocycles. The van der Waals surface area contributed by atoms with E-state index >= 15 is 0 Å². The van der Waals surface area contributed by atoms with Crippen LogP contribution in [-0.4, -0.2) is 0 Å². The Bertz CT molecular complexity index is 315. The van der Waals surface area contributed by atoms with Gasteiger partial charge in [0.25, 0.3) is 0 Å². The van der Waals surface area contributed by atoms with Crippen LogP contribution < -0.4 is 0 Å². The number of benzene rings is 1. The fourth-order valence-corrected chi connectivity index (χ4v) is 1.22. The lowest BCUT2D eigenvalue weighted by molar-refractivity contribution is 0.265. The van der Waals surface area contributed by atoms with Crippen molar-refractivity contribution < 1.29 is 4.74 Å². The number of hydrogen-bond acceptors (Lipinski definition) is 1. The summed E-state index contributed by atoms with van der Waals surface area (Å²) in [7, 11) is 0. The highest BCUT2D eigenvalue weighted by atomic mass is 35.5. The minimum absolute atomic E-state index is 0.312. The third-order valence-corrected chi connectivity index (χ3v) is 1.91. The van der Waals surface area contributed by atoms with Gasteiger partial charge in [-0.3, -0.25) is 0 Å². The molecule has 0 fully saturated rings. The van der Waals surface area contributed by atoms with E-state index in [0.717, 1.165) is 5.56 Å². The van der Waals surface area contributed by atoms with Gasteiger partial charge in [-0.1, -0.05) is 35.7 Å². The van der Waals surface area contributed by atoms with Gasteiger partial charge in [0.1, 0.15) is 12.7 Å². The van der Waals surface area contributed by atoms with E-state index in [1.54, 1.807) is 18.2 Å². The molecule has 0 radical (unpaired) electrons. The van der Waals surface area contributed by atoms with Crippen LogP contribution in [0.1, 0.15) is 5.56 Å². The van der Waals surface area contributed by atoms with E-state index in [-0.39, 0.29) is 0 Å². The van der Waals surface area contributed by atoms with Crippen LogP contribution in [0.3, 0.4) is 0 Å². The van der Waals surface area contributed by atoms with Crippen LogP contribution in [0, 0.1) is 12.5 Å². The van der Waals surface area contributed by atoms with Gasteiger partial charge >= 0.3 is 0 Å². The second-order valence-corrected chi connectivity index (χ2v) is 2.99. The molecule has 0 atom stereocenters. The predicted molar refractivity (Wildman–Crippen MR) is 50.1 cm³/mol. The molecule has 12 heavy (non-hydrogen) atoms. The highest BCUT2D eigenvalue weighted by Crippen LogP contribution is 2.21. The van der Waals surface area contributed by atoms with Crippen LogP contribution >= 0.6 is 23.2 Å². The first kappa shape index (κ1) is 9.25. The Morgan fingerprint density at radius 1 is 1.42 bits per heavy atom. The Morgan fingerprint density at radius 2 is 2.17 bits per heavy atom. The third-order valence-electron chi connectivity index (χ3n) is 1.33. The van der Waals surface area contributed by atoms with Crippen molar-refractivity contribution in [1.29, 1.82) is 0 Å². The highest BCUT2D eigenvalue weighted by molar-refractivity contribution is 6.35. The van der Waals surface area contributed by atoms with Crippen molar-refractivity contribution in [2.45, 2.75) is 6.61 Å². The lowest BCUT2D eigenvalue weighted by atomic mass is 10.2. The molecule has 0 spiro atoms. The minimum atomic E-state index is 0.312. The van der Waals surface area contributed by atoms with Crippen molar-refractivity contribution in [2.75, 3.05) is 0 Å². The van der Waals surface area contributed by atoms with Crippen molar-refractivity contribution >= 4 is 23.2 Å². The van der Waals surface area contributed by atoms with Crippen LogP contribution in [0.5, 0.6) is 0 Å². The molecule has 1 nitrogen and oxygen atoms in total. The third kappa shape index (κ3) is 2.34. The van der Waals surface area contributed by atoms with E-state index in [4.69, 9.17) is 34.4 Å². The average Bonchev–Trinajstić information content (AvgIpc) is 2.03. The summed E-state index contributed by atoms with van der Waals surface area (Å²) < 4.78 is 4.74. The van der Waals surface area contributed by atoms with Gasteiger partial charge in [0.15, 0.2) is 0 Å². The summed E-state index contributed by atoms with van der Waals surface area (Å²) in [6.07, 6.45) is 6.98. The summed E-state index contributed by atoms with van der Waals surface area (Å²) in [6.45, 7) is 0.312. The lowest BCUT2D eigenvalue weighted by Gasteiger charge is -2.01. The van der Waals surface area contributed by atoms with Crippen molar-refractivity contribution in [1.82, 2.24) is 0 Å². The normalized spacial score (nSPS) is 9.08. The fourth-order valence-electron chi connectivity index (χ4n) is 0.758. The summed E-state index contributed by atoms with van der Waals surface area (Å²) in [6, 6.07) is 5.17. The topological polar surface area (TPSA) is 9.23 Å². The Morgan fingerprint density at radius 3 is 2.75 bits per heavy atom. The second kappa shape index (κ2) is 4.25. The monoisotopic (exact) mass is 200 g/mol. The molecule has 0 heterocycles. The molecule has 1 aromatic carbocycles. The molecule has 1 aromatic rings. The van der Waals surface area contributed by atoms with E-state index in [1.807, 2.05) is 0 Å². The number of rotatable bonds is 2. The average molecular weight is 201 g/mol. The number of terminal acetylenes is 1. The molecule has 3 heteroatoms. The Hall–Kier alpha value is -0.840. The smallest absolute Gasteiger partial charge is 0.127 e. The summed E-state index contributed by atoms with van der Waals surface area (Å²) in [5.74, 6) is 0. The number of halogens is 2. The molecule has 1 rings (SSSR count). The maximum absolute atomic E-state index is 5.83. The molecular weight excluding hydrogens is 195 g/mol. The molecule has 0 aliphatic rings. The van der Waals surface area contributed by atoms with Gasteiger partial charge in [-0.15, -0.1) is 0 Å². The van der Waals surface area contributed by atoms with Gasteiger partial charge in [0, 0.05) is 15.6 Å². The lowest BCUT2D eigenvalue weighted by Crippen LogP contribution is -1.87. The van der Waals surface area contributed by atoms with Crippen molar-refractivity contribution in [3.63, 3.8) is 0 Å². The number of ether oxygens (including phenoxy) is 1. The first-order valence-corrected chi connectivity index (χ1v) is 4.01. The molecule has 0 amide bonds. The molecule has 0 saturated heterocycles. The Labute approximate surface area is 81.2 Å². The van der Waals surface area contributed by atoms with Gasteiger partial charge in [-0.25, -0.2) is 0 Å². The minimum Gasteiger partial charge on any atom is -0.442 e. The molecular formula is C9H6Cl2O. The summed E-state index contributed by atoms with van der Waals surface area (Å²) in [5.41, 5.74) is 0.832. The largest absolute Gasteiger partial charge is 0.442 e. The quantitative estimate of drug-likeness (QED) is 0.668. The molecule has 0 aromatic heterocycles. The fraction of sp³-hybridized carbons (Fsp3) is 0.111. The molecule has 0 bridgehead atoms. The molecule has 0 aliphatic heterocycles. The number of hydrogen-bond donors (Lipinski definition) is 0. The summed E-state index contributed by atoms with van der Waals surface area (Å²) in [5, 5.41) is 1.17. The van der Waals surface area contributed by atoms with Crippen LogP contribution in [0.25, 0.3) is 0 Å². The van der Waals surface area contributed by atoms with Crippen LogP contribution in [0.2, 0.25) is 10.0 Å². The maximum Gasteiger partial charge on any atom is 0.127 e. The Kier molecular flexibility index (Phi) is 3.28. The molecule has 0 unspecified atom stereocenters. The van der Waals surface area contributed by atoms with Gasteiger partial charge in [0.05, 0.1) is 0 Å². The first-order chi connectivity index (χ1) is 5.74. The van der Waals surface area contributed by atoms with Gasteiger partial charge in [0.2, 0.25) is 0 Å². The van der Waals surface area contributed by atoms with E-state index in [1.165, 1.54) is 0 Å². The zero-order valence-electron chi connectivity index (χ0n) is 6.18. The summed E-state index contributed by atoms with van der Waals surface area (Å²) in [4.78, 5) is 0. The second-order valence-electron chi connectivity index (χ2n) is 2.14. The first-order valence-electron chi connectivity index (χ1n) is 3.25. The summed E-state index contributed by atoms with van der Waals surface area (Å²) >= 11 is 11.5. The maximum atomic E-state index is 5.83. The Balaban J connectivity index is 2.81. The van der Waals surface area contributed by atoms with Crippen molar-refractivity contribution in [3.05, 3.63) is 33.8 Å².